The molecule has 2 rings (SSSR count). The van der Waals surface area contributed by atoms with Gasteiger partial charge in [-0.1, -0.05) is 36.0 Å². The second kappa shape index (κ2) is 7.87. The number of para-hydroxylation sites is 1. The van der Waals surface area contributed by atoms with Crippen LogP contribution in [0.5, 0.6) is 17.2 Å². The molecule has 2 aromatic carbocycles. The van der Waals surface area contributed by atoms with Gasteiger partial charge < -0.3 is 19.9 Å². The van der Waals surface area contributed by atoms with E-state index in [4.69, 9.17) is 43.8 Å². The van der Waals surface area contributed by atoms with Crippen molar-refractivity contribution in [3.05, 3.63) is 53.1 Å². The fourth-order valence-electron chi connectivity index (χ4n) is 1.81. The highest BCUT2D eigenvalue weighted by Crippen LogP contribution is 2.28. The summed E-state index contributed by atoms with van der Waals surface area (Å²) in [5.41, 5.74) is 6.32. The summed E-state index contributed by atoms with van der Waals surface area (Å²) in [7, 11) is 1.56. The number of benzene rings is 2. The van der Waals surface area contributed by atoms with Gasteiger partial charge >= 0.3 is 0 Å². The molecule has 2 N–H and O–H groups in total. The highest BCUT2D eigenvalue weighted by molar-refractivity contribution is 7.80. The highest BCUT2D eigenvalue weighted by Gasteiger charge is 2.07. The van der Waals surface area contributed by atoms with Gasteiger partial charge in [0.2, 0.25) is 0 Å². The molecule has 0 spiro atoms. The molecule has 0 aliphatic rings. The molecule has 6 heteroatoms. The average Bonchev–Trinajstić information content (AvgIpc) is 2.53. The number of thiocarbonyl (C=S) groups is 1. The zero-order valence-corrected chi connectivity index (χ0v) is 13.6. The summed E-state index contributed by atoms with van der Waals surface area (Å²) in [6.45, 7) is 0.720. The van der Waals surface area contributed by atoms with E-state index in [1.807, 2.05) is 12.1 Å². The van der Waals surface area contributed by atoms with E-state index in [-0.39, 0.29) is 0 Å². The Morgan fingerprint density at radius 3 is 2.36 bits per heavy atom. The van der Waals surface area contributed by atoms with Crippen LogP contribution in [0.25, 0.3) is 0 Å². The van der Waals surface area contributed by atoms with E-state index >= 15 is 0 Å². The van der Waals surface area contributed by atoms with Gasteiger partial charge in [0.15, 0.2) is 11.5 Å². The molecular weight excluding hydrogens is 322 g/mol. The molecule has 0 aromatic heterocycles. The maximum absolute atomic E-state index is 6.01. The number of hydrogen-bond donors (Lipinski definition) is 1. The van der Waals surface area contributed by atoms with Gasteiger partial charge in [-0.2, -0.15) is 0 Å². The van der Waals surface area contributed by atoms with Crippen molar-refractivity contribution in [2.75, 3.05) is 20.3 Å². The molecule has 0 atom stereocenters. The summed E-state index contributed by atoms with van der Waals surface area (Å²) >= 11 is 10.9. The Morgan fingerprint density at radius 2 is 1.73 bits per heavy atom. The van der Waals surface area contributed by atoms with E-state index in [1.165, 1.54) is 0 Å². The third kappa shape index (κ3) is 4.26. The van der Waals surface area contributed by atoms with Crippen molar-refractivity contribution >= 4 is 28.8 Å². The first-order valence-electron chi connectivity index (χ1n) is 6.60. The van der Waals surface area contributed by atoms with Crippen LogP contribution in [-0.4, -0.2) is 25.3 Å². The predicted molar refractivity (Wildman–Crippen MR) is 91.3 cm³/mol. The molecule has 0 fully saturated rings. The van der Waals surface area contributed by atoms with Crippen LogP contribution in [0.1, 0.15) is 5.56 Å². The maximum Gasteiger partial charge on any atom is 0.161 e. The predicted octanol–water partition coefficient (Wildman–Crippen LogP) is 3.44. The molecule has 0 aliphatic carbocycles. The molecule has 0 bridgehead atoms. The van der Waals surface area contributed by atoms with Crippen LogP contribution in [-0.2, 0) is 0 Å². The normalized spacial score (nSPS) is 10.1. The Bertz CT molecular complexity index is 664. The third-order valence-electron chi connectivity index (χ3n) is 2.88. The van der Waals surface area contributed by atoms with Gasteiger partial charge in [-0.25, -0.2) is 0 Å². The minimum Gasteiger partial charge on any atom is -0.493 e. The molecule has 22 heavy (non-hydrogen) atoms. The lowest BCUT2D eigenvalue weighted by Crippen LogP contribution is -2.11. The number of methoxy groups -OCH3 is 1. The number of ether oxygens (including phenoxy) is 3. The van der Waals surface area contributed by atoms with E-state index in [0.717, 1.165) is 5.56 Å². The summed E-state index contributed by atoms with van der Waals surface area (Å²) in [4.78, 5) is 0.312. The second-order valence-corrected chi connectivity index (χ2v) is 5.20. The number of rotatable bonds is 7. The van der Waals surface area contributed by atoms with Crippen LogP contribution in [0.4, 0.5) is 0 Å². The van der Waals surface area contributed by atoms with Crippen LogP contribution in [0.2, 0.25) is 5.02 Å². The fourth-order valence-corrected chi connectivity index (χ4v) is 2.12. The van der Waals surface area contributed by atoms with Crippen LogP contribution >= 0.6 is 23.8 Å². The summed E-state index contributed by atoms with van der Waals surface area (Å²) < 4.78 is 16.5. The molecule has 0 heterocycles. The Kier molecular flexibility index (Phi) is 5.86. The molecule has 0 saturated carbocycles. The first-order chi connectivity index (χ1) is 10.6. The molecule has 0 amide bonds. The lowest BCUT2D eigenvalue weighted by atomic mass is 10.2. The van der Waals surface area contributed by atoms with Crippen molar-refractivity contribution in [1.29, 1.82) is 0 Å². The minimum atomic E-state index is 0.312. The second-order valence-electron chi connectivity index (χ2n) is 4.36. The maximum atomic E-state index is 6.01. The molecule has 0 unspecified atom stereocenters. The van der Waals surface area contributed by atoms with Crippen molar-refractivity contribution < 1.29 is 14.2 Å². The fraction of sp³-hybridized carbons (Fsp3) is 0.188. The monoisotopic (exact) mass is 337 g/mol. The van der Waals surface area contributed by atoms with Gasteiger partial charge in [0.25, 0.3) is 0 Å². The smallest absolute Gasteiger partial charge is 0.161 e. The number of hydrogen-bond acceptors (Lipinski definition) is 4. The van der Waals surface area contributed by atoms with Crippen molar-refractivity contribution in [3.8, 4) is 17.2 Å². The van der Waals surface area contributed by atoms with E-state index in [2.05, 4.69) is 0 Å². The SMILES string of the molecule is COc1cc(C(N)=S)ccc1OCCOc1ccccc1Cl. The molecule has 2 aromatic rings. The van der Waals surface area contributed by atoms with Gasteiger partial charge in [0, 0.05) is 5.56 Å². The molecule has 0 aliphatic heterocycles. The largest absolute Gasteiger partial charge is 0.493 e. The van der Waals surface area contributed by atoms with Crippen molar-refractivity contribution in [3.63, 3.8) is 0 Å². The molecule has 0 saturated heterocycles. The Morgan fingerprint density at radius 1 is 1.05 bits per heavy atom. The van der Waals surface area contributed by atoms with Gasteiger partial charge in [-0.15, -0.1) is 0 Å². The zero-order valence-electron chi connectivity index (χ0n) is 12.0. The standard InChI is InChI=1S/C16H16ClNO3S/c1-19-15-10-11(16(18)22)6-7-14(15)21-9-8-20-13-5-3-2-4-12(13)17/h2-7,10H,8-9H2,1H3,(H2,18,22). The van der Waals surface area contributed by atoms with Crippen LogP contribution < -0.4 is 19.9 Å². The van der Waals surface area contributed by atoms with Crippen molar-refractivity contribution in [2.45, 2.75) is 0 Å². The van der Waals surface area contributed by atoms with Gasteiger partial charge in [0.05, 0.1) is 12.1 Å². The number of halogens is 1. The van der Waals surface area contributed by atoms with E-state index in [9.17, 15) is 0 Å². The topological polar surface area (TPSA) is 53.7 Å². The van der Waals surface area contributed by atoms with E-state index < -0.39 is 0 Å². The van der Waals surface area contributed by atoms with Gasteiger partial charge in [-0.05, 0) is 30.3 Å². The van der Waals surface area contributed by atoms with Crippen molar-refractivity contribution in [2.24, 2.45) is 5.73 Å². The summed E-state index contributed by atoms with van der Waals surface area (Å²) in [5, 5.41) is 0.570. The molecule has 116 valence electrons. The molecular formula is C16H16ClNO3S. The first kappa shape index (κ1) is 16.4. The van der Waals surface area contributed by atoms with E-state index in [1.54, 1.807) is 37.4 Å². The number of nitrogens with two attached hydrogens (primary N) is 1. The Hall–Kier alpha value is -1.98. The van der Waals surface area contributed by atoms with E-state index in [0.29, 0.717) is 40.5 Å². The van der Waals surface area contributed by atoms with Crippen molar-refractivity contribution in [1.82, 2.24) is 0 Å². The Labute approximate surface area is 139 Å². The summed E-state index contributed by atoms with van der Waals surface area (Å²) in [6.07, 6.45) is 0. The third-order valence-corrected chi connectivity index (χ3v) is 3.43. The lowest BCUT2D eigenvalue weighted by Gasteiger charge is -2.13. The summed E-state index contributed by atoms with van der Waals surface area (Å²) in [5.74, 6) is 1.80. The average molecular weight is 338 g/mol. The van der Waals surface area contributed by atoms with Gasteiger partial charge in [-0.3, -0.25) is 0 Å². The summed E-state index contributed by atoms with van der Waals surface area (Å²) in [6, 6.07) is 12.6. The minimum absolute atomic E-state index is 0.312. The van der Waals surface area contributed by atoms with Crippen LogP contribution in [0, 0.1) is 0 Å². The zero-order chi connectivity index (χ0) is 15.9. The molecule has 4 nitrogen and oxygen atoms in total. The van der Waals surface area contributed by atoms with Crippen LogP contribution in [0.3, 0.4) is 0 Å². The quantitative estimate of drug-likeness (QED) is 0.619. The lowest BCUT2D eigenvalue weighted by molar-refractivity contribution is 0.211. The van der Waals surface area contributed by atoms with Crippen LogP contribution in [0.15, 0.2) is 42.5 Å². The molecule has 0 radical (unpaired) electrons. The first-order valence-corrected chi connectivity index (χ1v) is 7.38. The van der Waals surface area contributed by atoms with Gasteiger partial charge in [0.1, 0.15) is 24.0 Å². The Balaban J connectivity index is 1.92. The highest BCUT2D eigenvalue weighted by atomic mass is 35.5.